The van der Waals surface area contributed by atoms with Crippen molar-refractivity contribution in [3.8, 4) is 0 Å². The second kappa shape index (κ2) is 7.11. The lowest BCUT2D eigenvalue weighted by Crippen LogP contribution is -2.24. The molecule has 0 aliphatic heterocycles. The molecule has 0 unspecified atom stereocenters. The minimum Gasteiger partial charge on any atom is -0.312 e. The van der Waals surface area contributed by atoms with Crippen LogP contribution in [0.2, 0.25) is 0 Å². The quantitative estimate of drug-likeness (QED) is 0.838. The van der Waals surface area contributed by atoms with Gasteiger partial charge >= 0.3 is 0 Å². The standard InChI is InChI=1S/C15H20F2N2S/c1-3-18-8-14-12(9-19(2)10-15(16)17)11-6-4-5-7-13(11)20-14/h4-7,15,18H,3,8-10H2,1-2H3. The first-order valence-corrected chi connectivity index (χ1v) is 7.60. The Hall–Kier alpha value is -1.04. The molecule has 2 rings (SSSR count). The van der Waals surface area contributed by atoms with Gasteiger partial charge in [0, 0.05) is 22.7 Å². The molecule has 1 N–H and O–H groups in total. The third-order valence-corrected chi connectivity index (χ3v) is 4.41. The fourth-order valence-electron chi connectivity index (χ4n) is 2.27. The molecule has 0 radical (unpaired) electrons. The van der Waals surface area contributed by atoms with Crippen LogP contribution in [0.25, 0.3) is 10.1 Å². The van der Waals surface area contributed by atoms with Crippen molar-refractivity contribution in [1.29, 1.82) is 0 Å². The molecule has 0 saturated heterocycles. The van der Waals surface area contributed by atoms with Crippen LogP contribution in [-0.4, -0.2) is 31.5 Å². The third-order valence-electron chi connectivity index (χ3n) is 3.20. The Morgan fingerprint density at radius 2 is 2.05 bits per heavy atom. The maximum atomic E-state index is 12.5. The molecule has 0 amide bonds. The van der Waals surface area contributed by atoms with E-state index in [4.69, 9.17) is 0 Å². The van der Waals surface area contributed by atoms with Gasteiger partial charge < -0.3 is 5.32 Å². The molecule has 0 spiro atoms. The first kappa shape index (κ1) is 15.4. The van der Waals surface area contributed by atoms with E-state index in [0.717, 1.165) is 13.1 Å². The van der Waals surface area contributed by atoms with Crippen molar-refractivity contribution in [2.75, 3.05) is 20.1 Å². The van der Waals surface area contributed by atoms with Gasteiger partial charge in [0.25, 0.3) is 6.43 Å². The molecule has 1 heterocycles. The lowest BCUT2D eigenvalue weighted by molar-refractivity contribution is 0.0976. The van der Waals surface area contributed by atoms with Crippen molar-refractivity contribution < 1.29 is 8.78 Å². The average molecular weight is 298 g/mol. The first-order chi connectivity index (χ1) is 9.61. The summed E-state index contributed by atoms with van der Waals surface area (Å²) in [5.41, 5.74) is 1.18. The van der Waals surface area contributed by atoms with Gasteiger partial charge in [-0.25, -0.2) is 8.78 Å². The number of nitrogens with zero attached hydrogens (tertiary/aromatic N) is 1. The Labute approximate surface area is 122 Å². The summed E-state index contributed by atoms with van der Waals surface area (Å²) in [6.45, 7) is 4.14. The van der Waals surface area contributed by atoms with Gasteiger partial charge in [0.05, 0.1) is 6.54 Å². The van der Waals surface area contributed by atoms with Gasteiger partial charge in [-0.2, -0.15) is 0 Å². The first-order valence-electron chi connectivity index (χ1n) is 6.78. The summed E-state index contributed by atoms with van der Waals surface area (Å²) in [7, 11) is 1.75. The van der Waals surface area contributed by atoms with E-state index in [1.54, 1.807) is 23.3 Å². The summed E-state index contributed by atoms with van der Waals surface area (Å²) in [5.74, 6) is 0. The summed E-state index contributed by atoms with van der Waals surface area (Å²) in [6, 6.07) is 8.18. The Balaban J connectivity index is 2.27. The Kier molecular flexibility index (Phi) is 5.46. The number of halogens is 2. The van der Waals surface area contributed by atoms with Crippen molar-refractivity contribution in [2.45, 2.75) is 26.4 Å². The Morgan fingerprint density at radius 3 is 2.75 bits per heavy atom. The largest absolute Gasteiger partial charge is 0.312 e. The molecule has 1 aromatic heterocycles. The van der Waals surface area contributed by atoms with Gasteiger partial charge in [0.1, 0.15) is 0 Å². The van der Waals surface area contributed by atoms with E-state index in [1.165, 1.54) is 20.5 Å². The number of fused-ring (bicyclic) bond motifs is 1. The molecule has 110 valence electrons. The zero-order valence-electron chi connectivity index (χ0n) is 11.8. The summed E-state index contributed by atoms with van der Waals surface area (Å²) < 4.78 is 26.2. The van der Waals surface area contributed by atoms with Gasteiger partial charge in [-0.1, -0.05) is 25.1 Å². The highest BCUT2D eigenvalue weighted by molar-refractivity contribution is 7.19. The van der Waals surface area contributed by atoms with Crippen LogP contribution in [-0.2, 0) is 13.1 Å². The molecular formula is C15H20F2N2S. The van der Waals surface area contributed by atoms with E-state index >= 15 is 0 Å². The maximum Gasteiger partial charge on any atom is 0.251 e. The van der Waals surface area contributed by atoms with E-state index in [9.17, 15) is 8.78 Å². The number of hydrogen-bond acceptors (Lipinski definition) is 3. The maximum absolute atomic E-state index is 12.5. The van der Waals surface area contributed by atoms with Gasteiger partial charge in [-0.3, -0.25) is 4.90 Å². The van der Waals surface area contributed by atoms with Crippen LogP contribution in [0.1, 0.15) is 17.4 Å². The molecule has 1 aromatic carbocycles. The summed E-state index contributed by atoms with van der Waals surface area (Å²) in [5, 5.41) is 4.51. The molecule has 0 aliphatic rings. The van der Waals surface area contributed by atoms with Crippen LogP contribution in [0.15, 0.2) is 24.3 Å². The fraction of sp³-hybridized carbons (Fsp3) is 0.467. The molecule has 2 nitrogen and oxygen atoms in total. The molecule has 2 aromatic rings. The lowest BCUT2D eigenvalue weighted by atomic mass is 10.1. The van der Waals surface area contributed by atoms with Crippen LogP contribution in [0.3, 0.4) is 0 Å². The van der Waals surface area contributed by atoms with Crippen molar-refractivity contribution in [1.82, 2.24) is 10.2 Å². The summed E-state index contributed by atoms with van der Waals surface area (Å²) in [4.78, 5) is 2.93. The zero-order chi connectivity index (χ0) is 14.5. The van der Waals surface area contributed by atoms with Crippen molar-refractivity contribution in [3.05, 3.63) is 34.7 Å². The number of nitrogens with one attached hydrogen (secondary N) is 1. The molecule has 20 heavy (non-hydrogen) atoms. The molecule has 0 atom stereocenters. The van der Waals surface area contributed by atoms with E-state index in [2.05, 4.69) is 24.4 Å². The number of hydrogen-bond donors (Lipinski definition) is 1. The van der Waals surface area contributed by atoms with E-state index < -0.39 is 6.43 Å². The monoisotopic (exact) mass is 298 g/mol. The van der Waals surface area contributed by atoms with E-state index in [0.29, 0.717) is 6.54 Å². The number of benzene rings is 1. The highest BCUT2D eigenvalue weighted by atomic mass is 32.1. The SMILES string of the molecule is CCNCc1sc2ccccc2c1CN(C)CC(F)F. The lowest BCUT2D eigenvalue weighted by Gasteiger charge is -2.17. The smallest absolute Gasteiger partial charge is 0.251 e. The van der Waals surface area contributed by atoms with E-state index in [1.807, 2.05) is 12.1 Å². The molecule has 0 saturated carbocycles. The second-order valence-electron chi connectivity index (χ2n) is 4.87. The normalized spacial score (nSPS) is 11.9. The van der Waals surface area contributed by atoms with Gasteiger partial charge in [-0.15, -0.1) is 11.3 Å². The molecule has 0 bridgehead atoms. The molecule has 0 fully saturated rings. The second-order valence-corrected chi connectivity index (χ2v) is 6.00. The highest BCUT2D eigenvalue weighted by Crippen LogP contribution is 2.32. The van der Waals surface area contributed by atoms with Crippen LogP contribution in [0, 0.1) is 0 Å². The van der Waals surface area contributed by atoms with Crippen LogP contribution >= 0.6 is 11.3 Å². The van der Waals surface area contributed by atoms with Crippen molar-refractivity contribution >= 4 is 21.4 Å². The molecule has 0 aliphatic carbocycles. The topological polar surface area (TPSA) is 15.3 Å². The highest BCUT2D eigenvalue weighted by Gasteiger charge is 2.15. The zero-order valence-corrected chi connectivity index (χ0v) is 12.6. The molecule has 5 heteroatoms. The number of alkyl halides is 2. The van der Waals surface area contributed by atoms with Crippen LogP contribution in [0.4, 0.5) is 8.78 Å². The average Bonchev–Trinajstić information content (AvgIpc) is 2.74. The third kappa shape index (κ3) is 3.75. The van der Waals surface area contributed by atoms with Gasteiger partial charge in [0.15, 0.2) is 0 Å². The fourth-order valence-corrected chi connectivity index (χ4v) is 3.46. The van der Waals surface area contributed by atoms with Crippen molar-refractivity contribution in [3.63, 3.8) is 0 Å². The predicted octanol–water partition coefficient (Wildman–Crippen LogP) is 3.71. The van der Waals surface area contributed by atoms with E-state index in [-0.39, 0.29) is 6.54 Å². The minimum atomic E-state index is -2.29. The Morgan fingerprint density at radius 1 is 1.30 bits per heavy atom. The summed E-state index contributed by atoms with van der Waals surface area (Å²) >= 11 is 1.75. The van der Waals surface area contributed by atoms with Crippen LogP contribution in [0.5, 0.6) is 0 Å². The van der Waals surface area contributed by atoms with Crippen molar-refractivity contribution in [2.24, 2.45) is 0 Å². The molecular weight excluding hydrogens is 278 g/mol. The number of thiophene rings is 1. The minimum absolute atomic E-state index is 0.190. The van der Waals surface area contributed by atoms with Gasteiger partial charge in [0.2, 0.25) is 0 Å². The van der Waals surface area contributed by atoms with Crippen LogP contribution < -0.4 is 5.32 Å². The van der Waals surface area contributed by atoms with Gasteiger partial charge in [-0.05, 0) is 30.6 Å². The Bertz CT molecular complexity index is 554. The number of rotatable bonds is 7. The predicted molar refractivity (Wildman–Crippen MR) is 81.5 cm³/mol. The summed E-state index contributed by atoms with van der Waals surface area (Å²) in [6.07, 6.45) is -2.29.